The first kappa shape index (κ1) is 10.8. The summed E-state index contributed by atoms with van der Waals surface area (Å²) < 4.78 is 0. The highest BCUT2D eigenvalue weighted by molar-refractivity contribution is 5.97. The zero-order chi connectivity index (χ0) is 11.5. The molecule has 4 nitrogen and oxygen atoms in total. The quantitative estimate of drug-likeness (QED) is 0.780. The summed E-state index contributed by atoms with van der Waals surface area (Å²) in [5.41, 5.74) is 0.877. The van der Waals surface area contributed by atoms with E-state index < -0.39 is 6.10 Å². The van der Waals surface area contributed by atoms with E-state index in [9.17, 15) is 14.7 Å². The van der Waals surface area contributed by atoms with E-state index >= 15 is 0 Å². The Hall–Kier alpha value is -1.68. The molecule has 1 aliphatic rings. The molecule has 84 valence electrons. The summed E-state index contributed by atoms with van der Waals surface area (Å²) in [4.78, 5) is 24.3. The molecule has 4 heteroatoms. The fourth-order valence-electron chi connectivity index (χ4n) is 1.80. The Bertz CT molecular complexity index is 402. The van der Waals surface area contributed by atoms with Crippen LogP contribution >= 0.6 is 0 Å². The fraction of sp³-hybridized carbons (Fsp3) is 0.333. The number of imide groups is 1. The van der Waals surface area contributed by atoms with Gasteiger partial charge in [-0.3, -0.25) is 14.5 Å². The second kappa shape index (κ2) is 4.45. The second-order valence-electron chi connectivity index (χ2n) is 3.92. The normalized spacial score (nSPS) is 20.2. The van der Waals surface area contributed by atoms with Crippen LogP contribution in [0.1, 0.15) is 12.0 Å². The minimum atomic E-state index is -0.702. The highest BCUT2D eigenvalue weighted by Crippen LogP contribution is 2.13. The number of nitrogens with zero attached hydrogens (tertiary/aromatic N) is 1. The van der Waals surface area contributed by atoms with E-state index in [-0.39, 0.29) is 31.2 Å². The van der Waals surface area contributed by atoms with E-state index in [2.05, 4.69) is 0 Å². The van der Waals surface area contributed by atoms with Gasteiger partial charge in [0.2, 0.25) is 11.8 Å². The van der Waals surface area contributed by atoms with Crippen LogP contribution in [-0.2, 0) is 16.0 Å². The lowest BCUT2D eigenvalue weighted by Crippen LogP contribution is -2.34. The largest absolute Gasteiger partial charge is 0.391 e. The van der Waals surface area contributed by atoms with Crippen molar-refractivity contribution in [1.82, 2.24) is 4.90 Å². The van der Waals surface area contributed by atoms with Gasteiger partial charge in [-0.1, -0.05) is 30.3 Å². The number of β-amino-alcohol motifs (C(OH)–C–C–N with tert-alkyl or cyclic N) is 1. The van der Waals surface area contributed by atoms with Gasteiger partial charge in [-0.05, 0) is 5.56 Å². The number of carbonyl (C=O) groups is 2. The zero-order valence-corrected chi connectivity index (χ0v) is 8.80. The number of benzene rings is 1. The van der Waals surface area contributed by atoms with Crippen LogP contribution in [0.3, 0.4) is 0 Å². The highest BCUT2D eigenvalue weighted by atomic mass is 16.3. The van der Waals surface area contributed by atoms with Crippen molar-refractivity contribution in [3.05, 3.63) is 35.9 Å². The molecule has 16 heavy (non-hydrogen) atoms. The summed E-state index contributed by atoms with van der Waals surface area (Å²) in [5.74, 6) is -0.527. The molecule has 0 radical (unpaired) electrons. The number of amides is 2. The lowest BCUT2D eigenvalue weighted by molar-refractivity contribution is -0.141. The van der Waals surface area contributed by atoms with E-state index in [1.165, 1.54) is 0 Å². The summed E-state index contributed by atoms with van der Waals surface area (Å²) in [5, 5.41) is 9.27. The van der Waals surface area contributed by atoms with E-state index in [0.29, 0.717) is 0 Å². The first-order valence-corrected chi connectivity index (χ1v) is 5.22. The molecule has 1 saturated heterocycles. The van der Waals surface area contributed by atoms with Gasteiger partial charge in [-0.15, -0.1) is 0 Å². The Morgan fingerprint density at radius 2 is 2.06 bits per heavy atom. The van der Waals surface area contributed by atoms with Crippen molar-refractivity contribution < 1.29 is 14.7 Å². The van der Waals surface area contributed by atoms with E-state index in [4.69, 9.17) is 0 Å². The average molecular weight is 219 g/mol. The number of aliphatic hydroxyl groups is 1. The molecule has 1 heterocycles. The topological polar surface area (TPSA) is 57.6 Å². The number of likely N-dealkylation sites (tertiary alicyclic amines) is 1. The lowest BCUT2D eigenvalue weighted by Gasteiger charge is -2.13. The van der Waals surface area contributed by atoms with Gasteiger partial charge in [-0.2, -0.15) is 0 Å². The summed E-state index contributed by atoms with van der Waals surface area (Å²) in [6.07, 6.45) is -0.438. The summed E-state index contributed by atoms with van der Waals surface area (Å²) in [6.45, 7) is 0.129. The minimum Gasteiger partial charge on any atom is -0.391 e. The fourth-order valence-corrected chi connectivity index (χ4v) is 1.80. The molecule has 0 spiro atoms. The Labute approximate surface area is 93.5 Å². The molecule has 2 amide bonds. The number of rotatable bonds is 2. The van der Waals surface area contributed by atoms with E-state index in [1.807, 2.05) is 30.3 Å². The molecular formula is C12H13NO3. The third-order valence-electron chi connectivity index (χ3n) is 2.60. The predicted molar refractivity (Wildman–Crippen MR) is 57.5 cm³/mol. The molecule has 0 aliphatic carbocycles. The third-order valence-corrected chi connectivity index (χ3v) is 2.60. The summed E-state index contributed by atoms with van der Waals surface area (Å²) in [7, 11) is 0. The van der Waals surface area contributed by atoms with Crippen molar-refractivity contribution in [2.45, 2.75) is 18.9 Å². The molecule has 1 aromatic rings. The monoisotopic (exact) mass is 219 g/mol. The predicted octanol–water partition coefficient (Wildman–Crippen LogP) is 0.349. The van der Waals surface area contributed by atoms with Crippen LogP contribution in [0.25, 0.3) is 0 Å². The second-order valence-corrected chi connectivity index (χ2v) is 3.92. The van der Waals surface area contributed by atoms with E-state index in [1.54, 1.807) is 0 Å². The maximum atomic E-state index is 11.8. The maximum absolute atomic E-state index is 11.8. The molecule has 1 atom stereocenters. The SMILES string of the molecule is O=C(Cc1ccccc1)N1CC(O)CC1=O. The van der Waals surface area contributed by atoms with Gasteiger partial charge in [0.05, 0.1) is 25.5 Å². The zero-order valence-electron chi connectivity index (χ0n) is 8.80. The first-order valence-electron chi connectivity index (χ1n) is 5.22. The van der Waals surface area contributed by atoms with Gasteiger partial charge in [0.15, 0.2) is 0 Å². The Morgan fingerprint density at radius 1 is 1.38 bits per heavy atom. The number of hydrogen-bond donors (Lipinski definition) is 1. The van der Waals surface area contributed by atoms with Crippen molar-refractivity contribution in [1.29, 1.82) is 0 Å². The van der Waals surface area contributed by atoms with Gasteiger partial charge in [0.1, 0.15) is 0 Å². The molecular weight excluding hydrogens is 206 g/mol. The van der Waals surface area contributed by atoms with Gasteiger partial charge < -0.3 is 5.11 Å². The standard InChI is InChI=1S/C12H13NO3/c14-10-7-12(16)13(8-10)11(15)6-9-4-2-1-3-5-9/h1-5,10,14H,6-8H2. The van der Waals surface area contributed by atoms with Crippen LogP contribution in [-0.4, -0.2) is 34.5 Å². The van der Waals surface area contributed by atoms with Gasteiger partial charge >= 0.3 is 0 Å². The van der Waals surface area contributed by atoms with Crippen LogP contribution in [0.15, 0.2) is 30.3 Å². The lowest BCUT2D eigenvalue weighted by atomic mass is 10.1. The Kier molecular flexibility index (Phi) is 3.01. The van der Waals surface area contributed by atoms with Gasteiger partial charge in [-0.25, -0.2) is 0 Å². The number of hydrogen-bond acceptors (Lipinski definition) is 3. The van der Waals surface area contributed by atoms with Crippen LogP contribution in [0.5, 0.6) is 0 Å². The molecule has 1 aliphatic heterocycles. The number of carbonyl (C=O) groups excluding carboxylic acids is 2. The van der Waals surface area contributed by atoms with Crippen molar-refractivity contribution in [2.75, 3.05) is 6.54 Å². The molecule has 1 fully saturated rings. The van der Waals surface area contributed by atoms with Crippen LogP contribution in [0.4, 0.5) is 0 Å². The molecule has 0 saturated carbocycles. The first-order chi connectivity index (χ1) is 7.66. The highest BCUT2D eigenvalue weighted by Gasteiger charge is 2.32. The van der Waals surface area contributed by atoms with Crippen molar-refractivity contribution in [2.24, 2.45) is 0 Å². The molecule has 0 bridgehead atoms. The van der Waals surface area contributed by atoms with Crippen molar-refractivity contribution in [3.63, 3.8) is 0 Å². The number of aliphatic hydroxyl groups excluding tert-OH is 1. The minimum absolute atomic E-state index is 0.0561. The smallest absolute Gasteiger partial charge is 0.233 e. The maximum Gasteiger partial charge on any atom is 0.233 e. The summed E-state index contributed by atoms with van der Waals surface area (Å²) >= 11 is 0. The average Bonchev–Trinajstić information content (AvgIpc) is 2.59. The third kappa shape index (κ3) is 2.28. The van der Waals surface area contributed by atoms with Gasteiger partial charge in [0.25, 0.3) is 0 Å². The molecule has 2 rings (SSSR count). The van der Waals surface area contributed by atoms with Crippen LogP contribution < -0.4 is 0 Å². The molecule has 1 aromatic carbocycles. The van der Waals surface area contributed by atoms with Gasteiger partial charge in [0, 0.05) is 0 Å². The molecule has 0 aromatic heterocycles. The van der Waals surface area contributed by atoms with Crippen LogP contribution in [0.2, 0.25) is 0 Å². The Morgan fingerprint density at radius 3 is 2.62 bits per heavy atom. The molecule has 1 unspecified atom stereocenters. The van der Waals surface area contributed by atoms with E-state index in [0.717, 1.165) is 10.5 Å². The van der Waals surface area contributed by atoms with Crippen molar-refractivity contribution >= 4 is 11.8 Å². The Balaban J connectivity index is 2.01. The van der Waals surface area contributed by atoms with Crippen LogP contribution in [0, 0.1) is 0 Å². The summed E-state index contributed by atoms with van der Waals surface area (Å²) in [6, 6.07) is 9.26. The molecule has 1 N–H and O–H groups in total. The van der Waals surface area contributed by atoms with Crippen molar-refractivity contribution in [3.8, 4) is 0 Å².